The molecule has 1 aromatic carbocycles. The number of fused-ring (bicyclic) bond motifs is 2. The van der Waals surface area contributed by atoms with Crippen LogP contribution < -0.4 is 10.1 Å². The minimum Gasteiger partial charge on any atom is -0.489 e. The van der Waals surface area contributed by atoms with E-state index >= 15 is 0 Å². The van der Waals surface area contributed by atoms with Crippen LogP contribution in [0.15, 0.2) is 42.7 Å². The largest absolute Gasteiger partial charge is 0.489 e. The van der Waals surface area contributed by atoms with Crippen LogP contribution in [0.25, 0.3) is 11.0 Å². The molecule has 4 aliphatic rings. The summed E-state index contributed by atoms with van der Waals surface area (Å²) in [6.45, 7) is 2.40. The molecule has 9 heteroatoms. The smallest absolute Gasteiger partial charge is 0.255 e. The van der Waals surface area contributed by atoms with Crippen LogP contribution >= 0.6 is 0 Å². The van der Waals surface area contributed by atoms with Crippen molar-refractivity contribution in [1.82, 2.24) is 25.1 Å². The van der Waals surface area contributed by atoms with Crippen LogP contribution in [-0.2, 0) is 16.1 Å². The van der Waals surface area contributed by atoms with E-state index in [1.165, 1.54) is 17.4 Å². The molecule has 3 amide bonds. The maximum Gasteiger partial charge on any atom is 0.255 e. The number of hydrogen-bond acceptors (Lipinski definition) is 6. The zero-order chi connectivity index (χ0) is 25.8. The Kier molecular flexibility index (Phi) is 5.69. The molecule has 9 nitrogen and oxygen atoms in total. The third-order valence-electron chi connectivity index (χ3n) is 8.76. The number of imide groups is 1. The number of carbonyl (C=O) groups is 3. The van der Waals surface area contributed by atoms with Gasteiger partial charge in [-0.05, 0) is 67.1 Å². The van der Waals surface area contributed by atoms with Gasteiger partial charge in [0, 0.05) is 61.4 Å². The average Bonchev–Trinajstić information content (AvgIpc) is 3.49. The standard InChI is InChI=1S/C29H31N5O4/c35-26-8-7-24(28(36)32-26)34-16-17-13-19(5-6-21(17)29(34)37)38-25-4-2-1-3-23(25)33-14-18(15-33)20-9-11-30-27-22(20)10-12-31-27/h5-6,9-13,18,23-25H,1-4,7-8,14-16H2,(H,30,31)(H,32,35,36)/t23-,24-,25+/m0/s1. The molecule has 38 heavy (non-hydrogen) atoms. The van der Waals surface area contributed by atoms with Crippen LogP contribution in [0.2, 0.25) is 0 Å². The minimum absolute atomic E-state index is 0.107. The molecule has 0 spiro atoms. The van der Waals surface area contributed by atoms with Crippen LogP contribution in [0.3, 0.4) is 0 Å². The number of pyridine rings is 1. The van der Waals surface area contributed by atoms with Gasteiger partial charge in [-0.2, -0.15) is 0 Å². The van der Waals surface area contributed by atoms with Crippen molar-refractivity contribution in [2.24, 2.45) is 0 Å². The number of likely N-dealkylation sites (tertiary alicyclic amines) is 1. The molecule has 2 saturated heterocycles. The summed E-state index contributed by atoms with van der Waals surface area (Å²) in [7, 11) is 0. The summed E-state index contributed by atoms with van der Waals surface area (Å²) >= 11 is 0. The topological polar surface area (TPSA) is 108 Å². The highest BCUT2D eigenvalue weighted by Gasteiger charge is 2.41. The van der Waals surface area contributed by atoms with Crippen molar-refractivity contribution < 1.29 is 19.1 Å². The van der Waals surface area contributed by atoms with Gasteiger partial charge in [0.15, 0.2) is 0 Å². The Morgan fingerprint density at radius 3 is 2.74 bits per heavy atom. The number of H-pyrrole nitrogens is 1. The first-order valence-corrected chi connectivity index (χ1v) is 13.7. The van der Waals surface area contributed by atoms with Crippen LogP contribution in [0.1, 0.15) is 65.9 Å². The Morgan fingerprint density at radius 1 is 1.00 bits per heavy atom. The Balaban J connectivity index is 1.03. The van der Waals surface area contributed by atoms with Gasteiger partial charge in [0.25, 0.3) is 5.91 Å². The molecule has 1 aliphatic carbocycles. The second kappa shape index (κ2) is 9.23. The third-order valence-corrected chi connectivity index (χ3v) is 8.76. The molecular formula is C29H31N5O4. The molecule has 3 atom stereocenters. The molecule has 3 fully saturated rings. The summed E-state index contributed by atoms with van der Waals surface area (Å²) in [5, 5.41) is 3.58. The summed E-state index contributed by atoms with van der Waals surface area (Å²) in [4.78, 5) is 48.7. The number of rotatable bonds is 5. The molecule has 0 radical (unpaired) electrons. The van der Waals surface area contributed by atoms with E-state index < -0.39 is 6.04 Å². The highest BCUT2D eigenvalue weighted by molar-refractivity contribution is 6.05. The fourth-order valence-electron chi connectivity index (χ4n) is 6.75. The second-order valence-electron chi connectivity index (χ2n) is 11.0. The lowest BCUT2D eigenvalue weighted by Crippen LogP contribution is -2.57. The van der Waals surface area contributed by atoms with Crippen LogP contribution in [0.4, 0.5) is 0 Å². The maximum atomic E-state index is 13.0. The lowest BCUT2D eigenvalue weighted by atomic mass is 9.84. The monoisotopic (exact) mass is 513 g/mol. The fourth-order valence-corrected chi connectivity index (χ4v) is 6.75. The summed E-state index contributed by atoms with van der Waals surface area (Å²) in [6, 6.07) is 9.70. The first kappa shape index (κ1) is 23.4. The molecule has 7 rings (SSSR count). The minimum atomic E-state index is -0.605. The number of benzene rings is 1. The number of hydrogen-bond donors (Lipinski definition) is 2. The van der Waals surface area contributed by atoms with Gasteiger partial charge in [-0.3, -0.25) is 24.6 Å². The van der Waals surface area contributed by atoms with Crippen LogP contribution in [0, 0.1) is 0 Å². The van der Waals surface area contributed by atoms with Crippen molar-refractivity contribution in [1.29, 1.82) is 0 Å². The van der Waals surface area contributed by atoms with Crippen molar-refractivity contribution in [2.45, 2.75) is 69.2 Å². The number of aromatic amines is 1. The Hall–Kier alpha value is -3.72. The molecule has 1 saturated carbocycles. The molecule has 3 aromatic rings. The van der Waals surface area contributed by atoms with Gasteiger partial charge in [0.1, 0.15) is 23.5 Å². The maximum absolute atomic E-state index is 13.0. The van der Waals surface area contributed by atoms with Gasteiger partial charge >= 0.3 is 0 Å². The first-order chi connectivity index (χ1) is 18.5. The predicted molar refractivity (Wildman–Crippen MR) is 140 cm³/mol. The van der Waals surface area contributed by atoms with Crippen molar-refractivity contribution in [3.05, 3.63) is 59.4 Å². The normalized spacial score (nSPS) is 26.4. The van der Waals surface area contributed by atoms with Gasteiger partial charge in [0.05, 0.1) is 0 Å². The highest BCUT2D eigenvalue weighted by Crippen LogP contribution is 2.38. The van der Waals surface area contributed by atoms with Crippen molar-refractivity contribution in [3.8, 4) is 5.75 Å². The number of ether oxygens (including phenoxy) is 1. The molecule has 3 aliphatic heterocycles. The fraction of sp³-hybridized carbons (Fsp3) is 0.448. The third kappa shape index (κ3) is 3.96. The lowest BCUT2D eigenvalue weighted by molar-refractivity contribution is -0.136. The van der Waals surface area contributed by atoms with E-state index in [0.717, 1.165) is 49.3 Å². The number of aromatic nitrogens is 2. The molecule has 5 heterocycles. The summed E-state index contributed by atoms with van der Waals surface area (Å²) in [6.07, 6.45) is 9.08. The van der Waals surface area contributed by atoms with Crippen LogP contribution in [-0.4, -0.2) is 68.8 Å². The Labute approximate surface area is 220 Å². The van der Waals surface area contributed by atoms with Gasteiger partial charge in [0.2, 0.25) is 11.8 Å². The van der Waals surface area contributed by atoms with Gasteiger partial charge in [-0.25, -0.2) is 4.98 Å². The van der Waals surface area contributed by atoms with Gasteiger partial charge < -0.3 is 14.6 Å². The van der Waals surface area contributed by atoms with E-state index in [2.05, 4.69) is 32.3 Å². The van der Waals surface area contributed by atoms with Crippen molar-refractivity contribution >= 4 is 28.8 Å². The molecule has 2 N–H and O–H groups in total. The number of nitrogens with one attached hydrogen (secondary N) is 2. The molecule has 0 unspecified atom stereocenters. The van der Waals surface area contributed by atoms with E-state index in [1.807, 2.05) is 30.6 Å². The predicted octanol–water partition coefficient (Wildman–Crippen LogP) is 3.11. The van der Waals surface area contributed by atoms with Crippen LogP contribution in [0.5, 0.6) is 5.75 Å². The number of carbonyl (C=O) groups excluding carboxylic acids is 3. The summed E-state index contributed by atoms with van der Waals surface area (Å²) < 4.78 is 6.59. The van der Waals surface area contributed by atoms with Gasteiger partial charge in [-0.1, -0.05) is 6.42 Å². The lowest BCUT2D eigenvalue weighted by Gasteiger charge is -2.48. The molecule has 0 bridgehead atoms. The van der Waals surface area contributed by atoms with E-state index in [0.29, 0.717) is 30.5 Å². The Bertz CT molecular complexity index is 1430. The summed E-state index contributed by atoms with van der Waals surface area (Å²) in [5.74, 6) is 0.457. The quantitative estimate of drug-likeness (QED) is 0.508. The first-order valence-electron chi connectivity index (χ1n) is 13.7. The molecule has 2 aromatic heterocycles. The number of piperidine rings is 1. The van der Waals surface area contributed by atoms with E-state index in [4.69, 9.17) is 4.74 Å². The molecule has 196 valence electrons. The van der Waals surface area contributed by atoms with Gasteiger partial charge in [-0.15, -0.1) is 0 Å². The SMILES string of the molecule is O=C1CC[C@H](N2Cc3cc(O[C@@H]4CCCC[C@@H]4N4CC(c5ccnc6[nH]ccc56)C4)ccc3C2=O)C(=O)N1. The molecular weight excluding hydrogens is 482 g/mol. The van der Waals surface area contributed by atoms with Crippen molar-refractivity contribution in [3.63, 3.8) is 0 Å². The number of amides is 3. The van der Waals surface area contributed by atoms with E-state index in [-0.39, 0.29) is 30.2 Å². The van der Waals surface area contributed by atoms with Crippen molar-refractivity contribution in [2.75, 3.05) is 13.1 Å². The van der Waals surface area contributed by atoms with E-state index in [9.17, 15) is 14.4 Å². The zero-order valence-corrected chi connectivity index (χ0v) is 21.2. The second-order valence-corrected chi connectivity index (χ2v) is 11.0. The average molecular weight is 514 g/mol. The van der Waals surface area contributed by atoms with E-state index in [1.54, 1.807) is 4.90 Å². The highest BCUT2D eigenvalue weighted by atomic mass is 16.5. The summed E-state index contributed by atoms with van der Waals surface area (Å²) in [5.41, 5.74) is 3.80. The zero-order valence-electron chi connectivity index (χ0n) is 21.2. The number of nitrogens with zero attached hydrogens (tertiary/aromatic N) is 3. The Morgan fingerprint density at radius 2 is 1.87 bits per heavy atom.